The lowest BCUT2D eigenvalue weighted by Crippen LogP contribution is -2.36. The fourth-order valence-electron chi connectivity index (χ4n) is 2.27. The van der Waals surface area contributed by atoms with Gasteiger partial charge in [0.15, 0.2) is 0 Å². The Morgan fingerprint density at radius 1 is 1.17 bits per heavy atom. The molecule has 0 rings (SSSR count). The van der Waals surface area contributed by atoms with Crippen LogP contribution in [0.25, 0.3) is 0 Å². The lowest BCUT2D eigenvalue weighted by Gasteiger charge is -2.18. The van der Waals surface area contributed by atoms with Crippen LogP contribution in [0.3, 0.4) is 0 Å². The Bertz CT molecular complexity index is 435. The molecule has 0 aromatic rings. The van der Waals surface area contributed by atoms with Crippen molar-refractivity contribution in [3.05, 3.63) is 25.3 Å². The Kier molecular flexibility index (Phi) is 12.2. The predicted octanol–water partition coefficient (Wildman–Crippen LogP) is 2.36. The van der Waals surface area contributed by atoms with Crippen LogP contribution in [0, 0.1) is 5.92 Å². The van der Waals surface area contributed by atoms with Gasteiger partial charge < -0.3 is 15.3 Å². The number of nitrogens with one attached hydrogen (secondary N) is 1. The first-order valence-electron chi connectivity index (χ1n) is 8.37. The van der Waals surface area contributed by atoms with Crippen molar-refractivity contribution in [2.45, 2.75) is 44.9 Å². The third kappa shape index (κ3) is 10.6. The molecule has 136 valence electrons. The Morgan fingerprint density at radius 3 is 2.38 bits per heavy atom. The molecule has 6 heteroatoms. The van der Waals surface area contributed by atoms with Gasteiger partial charge in [-0.15, -0.1) is 13.2 Å². The first-order chi connectivity index (χ1) is 11.4. The minimum atomic E-state index is -0.994. The first-order valence-corrected chi connectivity index (χ1v) is 8.37. The van der Waals surface area contributed by atoms with E-state index in [9.17, 15) is 14.4 Å². The minimum absolute atomic E-state index is 0.0409. The van der Waals surface area contributed by atoms with Crippen LogP contribution in [0.1, 0.15) is 44.9 Å². The highest BCUT2D eigenvalue weighted by atomic mass is 16.4. The summed E-state index contributed by atoms with van der Waals surface area (Å²) in [6.07, 6.45) is 7.26. The van der Waals surface area contributed by atoms with Gasteiger partial charge in [0.2, 0.25) is 11.8 Å². The SMILES string of the molecule is C=CCCC[C@H](CC(=O)O)C(=O)NCCC(=O)N(C)CCCC=C. The van der Waals surface area contributed by atoms with Gasteiger partial charge in [-0.25, -0.2) is 0 Å². The quantitative estimate of drug-likeness (QED) is 0.376. The molecule has 6 nitrogen and oxygen atoms in total. The molecule has 1 atom stereocenters. The largest absolute Gasteiger partial charge is 0.481 e. The second-order valence-electron chi connectivity index (χ2n) is 5.80. The van der Waals surface area contributed by atoms with Crippen molar-refractivity contribution in [2.75, 3.05) is 20.1 Å². The van der Waals surface area contributed by atoms with Gasteiger partial charge >= 0.3 is 5.97 Å². The first kappa shape index (κ1) is 21.9. The Morgan fingerprint density at radius 2 is 1.79 bits per heavy atom. The molecule has 24 heavy (non-hydrogen) atoms. The molecule has 0 aliphatic carbocycles. The van der Waals surface area contributed by atoms with Gasteiger partial charge in [-0.1, -0.05) is 12.2 Å². The van der Waals surface area contributed by atoms with Crippen molar-refractivity contribution in [2.24, 2.45) is 5.92 Å². The predicted molar refractivity (Wildman–Crippen MR) is 94.5 cm³/mol. The number of amides is 2. The molecule has 0 heterocycles. The zero-order valence-electron chi connectivity index (χ0n) is 14.6. The Balaban J connectivity index is 4.20. The molecule has 2 amide bonds. The molecule has 0 unspecified atom stereocenters. The molecule has 0 fully saturated rings. The maximum atomic E-state index is 12.1. The van der Waals surface area contributed by atoms with Crippen molar-refractivity contribution >= 4 is 17.8 Å². The van der Waals surface area contributed by atoms with Gasteiger partial charge in [-0.05, 0) is 32.1 Å². The van der Waals surface area contributed by atoms with Crippen LogP contribution in [0.4, 0.5) is 0 Å². The number of hydrogen-bond donors (Lipinski definition) is 2. The minimum Gasteiger partial charge on any atom is -0.481 e. The number of allylic oxidation sites excluding steroid dienone is 2. The smallest absolute Gasteiger partial charge is 0.304 e. The van der Waals surface area contributed by atoms with E-state index in [1.807, 2.05) is 6.08 Å². The van der Waals surface area contributed by atoms with Gasteiger partial charge in [0.1, 0.15) is 0 Å². The summed E-state index contributed by atoms with van der Waals surface area (Å²) in [5.74, 6) is -1.90. The van der Waals surface area contributed by atoms with Gasteiger partial charge in [-0.2, -0.15) is 0 Å². The van der Waals surface area contributed by atoms with E-state index < -0.39 is 11.9 Å². The summed E-state index contributed by atoms with van der Waals surface area (Å²) in [5, 5.41) is 11.6. The number of carboxylic acids is 1. The molecular formula is C18H30N2O4. The van der Waals surface area contributed by atoms with E-state index in [0.29, 0.717) is 13.0 Å². The fraction of sp³-hybridized carbons (Fsp3) is 0.611. The summed E-state index contributed by atoms with van der Waals surface area (Å²) in [6, 6.07) is 0. The normalized spacial score (nSPS) is 11.4. The third-order valence-corrected chi connectivity index (χ3v) is 3.72. The van der Waals surface area contributed by atoms with Crippen LogP contribution in [-0.4, -0.2) is 47.9 Å². The fourth-order valence-corrected chi connectivity index (χ4v) is 2.27. The van der Waals surface area contributed by atoms with E-state index >= 15 is 0 Å². The monoisotopic (exact) mass is 338 g/mol. The lowest BCUT2D eigenvalue weighted by molar-refractivity contribution is -0.141. The zero-order valence-corrected chi connectivity index (χ0v) is 14.6. The molecule has 0 aliphatic heterocycles. The highest BCUT2D eigenvalue weighted by Gasteiger charge is 2.21. The number of carbonyl (C=O) groups is 3. The second-order valence-corrected chi connectivity index (χ2v) is 5.80. The molecule has 0 aliphatic rings. The van der Waals surface area contributed by atoms with Gasteiger partial charge in [-0.3, -0.25) is 14.4 Å². The highest BCUT2D eigenvalue weighted by molar-refractivity contribution is 5.83. The highest BCUT2D eigenvalue weighted by Crippen LogP contribution is 2.13. The molecule has 0 saturated carbocycles. The van der Waals surface area contributed by atoms with E-state index in [0.717, 1.165) is 25.7 Å². The average Bonchev–Trinajstić information content (AvgIpc) is 2.53. The average molecular weight is 338 g/mol. The van der Waals surface area contributed by atoms with Crippen molar-refractivity contribution < 1.29 is 19.5 Å². The molecule has 0 spiro atoms. The van der Waals surface area contributed by atoms with Crippen LogP contribution < -0.4 is 5.32 Å². The number of carbonyl (C=O) groups excluding carboxylic acids is 2. The van der Waals surface area contributed by atoms with Crippen molar-refractivity contribution in [3.8, 4) is 0 Å². The standard InChI is InChI=1S/C18H30N2O4/c1-4-6-8-10-15(14-17(22)23)18(24)19-12-11-16(21)20(3)13-9-7-5-2/h4-5,15H,1-2,6-14H2,3H3,(H,19,24)(H,22,23)/t15-/m1/s1. The van der Waals surface area contributed by atoms with E-state index in [2.05, 4.69) is 18.5 Å². The summed E-state index contributed by atoms with van der Waals surface area (Å²) in [7, 11) is 1.73. The number of nitrogens with zero attached hydrogens (tertiary/aromatic N) is 1. The number of aliphatic carboxylic acids is 1. The summed E-state index contributed by atoms with van der Waals surface area (Å²) in [4.78, 5) is 36.5. The topological polar surface area (TPSA) is 86.7 Å². The summed E-state index contributed by atoms with van der Waals surface area (Å²) in [5.41, 5.74) is 0. The van der Waals surface area contributed by atoms with Gasteiger partial charge in [0.05, 0.1) is 6.42 Å². The summed E-state index contributed by atoms with van der Waals surface area (Å²) < 4.78 is 0. The van der Waals surface area contributed by atoms with Crippen molar-refractivity contribution in [3.63, 3.8) is 0 Å². The number of unbranched alkanes of at least 4 members (excludes halogenated alkanes) is 2. The van der Waals surface area contributed by atoms with Gasteiger partial charge in [0, 0.05) is 32.5 Å². The summed E-state index contributed by atoms with van der Waals surface area (Å²) >= 11 is 0. The molecule has 0 aromatic carbocycles. The maximum Gasteiger partial charge on any atom is 0.304 e. The number of carboxylic acid groups (broad SMARTS) is 1. The number of hydrogen-bond acceptors (Lipinski definition) is 3. The Hall–Kier alpha value is -2.11. The van der Waals surface area contributed by atoms with Crippen LogP contribution >= 0.6 is 0 Å². The molecule has 0 aromatic heterocycles. The molecule has 0 bridgehead atoms. The molecular weight excluding hydrogens is 308 g/mol. The van der Waals surface area contributed by atoms with Crippen LogP contribution in [-0.2, 0) is 14.4 Å². The summed E-state index contributed by atoms with van der Waals surface area (Å²) in [6.45, 7) is 8.13. The van der Waals surface area contributed by atoms with E-state index in [4.69, 9.17) is 5.11 Å². The lowest BCUT2D eigenvalue weighted by atomic mass is 9.97. The number of rotatable bonds is 14. The van der Waals surface area contributed by atoms with Gasteiger partial charge in [0.25, 0.3) is 0 Å². The van der Waals surface area contributed by atoms with Crippen LogP contribution in [0.5, 0.6) is 0 Å². The second kappa shape index (κ2) is 13.3. The molecule has 0 saturated heterocycles. The molecule has 2 N–H and O–H groups in total. The van der Waals surface area contributed by atoms with E-state index in [1.54, 1.807) is 18.0 Å². The third-order valence-electron chi connectivity index (χ3n) is 3.72. The van der Waals surface area contributed by atoms with Crippen molar-refractivity contribution in [1.82, 2.24) is 10.2 Å². The maximum absolute atomic E-state index is 12.1. The van der Waals surface area contributed by atoms with E-state index in [1.165, 1.54) is 0 Å². The zero-order chi connectivity index (χ0) is 18.4. The van der Waals surface area contributed by atoms with Crippen LogP contribution in [0.15, 0.2) is 25.3 Å². The van der Waals surface area contributed by atoms with E-state index in [-0.39, 0.29) is 31.2 Å². The Labute approximate surface area is 144 Å². The molecule has 0 radical (unpaired) electrons. The van der Waals surface area contributed by atoms with Crippen molar-refractivity contribution in [1.29, 1.82) is 0 Å². The van der Waals surface area contributed by atoms with Crippen LogP contribution in [0.2, 0.25) is 0 Å².